The number of carbonyl (C=O) groups is 1. The number of nitrogens with one attached hydrogen (secondary N) is 2. The van der Waals surface area contributed by atoms with Crippen molar-refractivity contribution in [1.82, 2.24) is 5.32 Å². The Hall–Kier alpha value is -2.63. The van der Waals surface area contributed by atoms with E-state index >= 15 is 0 Å². The molecule has 26 heavy (non-hydrogen) atoms. The van der Waals surface area contributed by atoms with E-state index in [1.54, 1.807) is 36.4 Å². The molecule has 2 amide bonds. The first-order chi connectivity index (χ1) is 12.6. The normalized spacial score (nSPS) is 19.6. The number of anilines is 1. The minimum absolute atomic E-state index is 0.0720. The van der Waals surface area contributed by atoms with E-state index < -0.39 is 6.67 Å². The van der Waals surface area contributed by atoms with Crippen LogP contribution in [0.1, 0.15) is 31.2 Å². The molecule has 1 fully saturated rings. The van der Waals surface area contributed by atoms with Gasteiger partial charge in [-0.2, -0.15) is 0 Å². The fraction of sp³-hybridized carbons (Fsp3) is 0.350. The number of hydrogen-bond acceptors (Lipinski definition) is 2. The van der Waals surface area contributed by atoms with Crippen molar-refractivity contribution in [3.63, 3.8) is 0 Å². The van der Waals surface area contributed by atoms with E-state index in [2.05, 4.69) is 10.6 Å². The second-order valence-corrected chi connectivity index (χ2v) is 6.48. The summed E-state index contributed by atoms with van der Waals surface area (Å²) in [6, 6.07) is 12.5. The second-order valence-electron chi connectivity index (χ2n) is 6.48. The van der Waals surface area contributed by atoms with Crippen molar-refractivity contribution in [3.8, 4) is 5.75 Å². The van der Waals surface area contributed by atoms with Gasteiger partial charge in [-0.3, -0.25) is 0 Å². The molecule has 2 aromatic carbocycles. The summed E-state index contributed by atoms with van der Waals surface area (Å²) in [4.78, 5) is 12.1. The number of amides is 2. The molecule has 0 saturated heterocycles. The lowest BCUT2D eigenvalue weighted by molar-refractivity contribution is 0.141. The highest BCUT2D eigenvalue weighted by Gasteiger charge is 2.23. The summed E-state index contributed by atoms with van der Waals surface area (Å²) in [5.74, 6) is 0.376. The third-order valence-corrected chi connectivity index (χ3v) is 4.46. The van der Waals surface area contributed by atoms with Crippen LogP contribution in [0.15, 0.2) is 48.5 Å². The van der Waals surface area contributed by atoms with Crippen molar-refractivity contribution in [1.29, 1.82) is 0 Å². The standard InChI is InChI=1S/C20H22F2N2O2/c21-13-14-2-1-3-17(12-14)24-20(25)23-16-6-10-19(11-7-16)26-18-8-4-15(22)5-9-18/h1-5,8-9,12,16,19H,6-7,10-11,13H2,(H2,23,24,25). The summed E-state index contributed by atoms with van der Waals surface area (Å²) in [6.45, 7) is -0.560. The molecule has 0 spiro atoms. The average Bonchev–Trinajstić information content (AvgIpc) is 2.65. The van der Waals surface area contributed by atoms with Gasteiger partial charge in [-0.1, -0.05) is 12.1 Å². The zero-order valence-electron chi connectivity index (χ0n) is 14.4. The third kappa shape index (κ3) is 5.18. The third-order valence-electron chi connectivity index (χ3n) is 4.46. The lowest BCUT2D eigenvalue weighted by atomic mass is 9.93. The van der Waals surface area contributed by atoms with Crippen LogP contribution >= 0.6 is 0 Å². The van der Waals surface area contributed by atoms with Gasteiger partial charge in [-0.15, -0.1) is 0 Å². The van der Waals surface area contributed by atoms with E-state index in [-0.39, 0.29) is 24.0 Å². The predicted octanol–water partition coefficient (Wildman–Crippen LogP) is 4.81. The molecular formula is C20H22F2N2O2. The minimum atomic E-state index is -0.560. The molecule has 3 rings (SSSR count). The molecule has 1 aliphatic carbocycles. The largest absolute Gasteiger partial charge is 0.490 e. The average molecular weight is 360 g/mol. The predicted molar refractivity (Wildman–Crippen MR) is 96.5 cm³/mol. The van der Waals surface area contributed by atoms with Gasteiger partial charge in [0, 0.05) is 11.7 Å². The van der Waals surface area contributed by atoms with Crippen molar-refractivity contribution in [2.75, 3.05) is 5.32 Å². The van der Waals surface area contributed by atoms with Crippen LogP contribution in [0.2, 0.25) is 0 Å². The number of ether oxygens (including phenoxy) is 1. The Balaban J connectivity index is 1.43. The van der Waals surface area contributed by atoms with Gasteiger partial charge < -0.3 is 15.4 Å². The molecule has 1 saturated carbocycles. The quantitative estimate of drug-likeness (QED) is 0.804. The van der Waals surface area contributed by atoms with E-state index in [1.807, 2.05) is 0 Å². The molecule has 138 valence electrons. The first kappa shape index (κ1) is 18.2. The lowest BCUT2D eigenvalue weighted by Crippen LogP contribution is -2.41. The molecule has 0 bridgehead atoms. The molecule has 0 aromatic heterocycles. The molecule has 0 radical (unpaired) electrons. The van der Waals surface area contributed by atoms with Crippen LogP contribution in [0.3, 0.4) is 0 Å². The SMILES string of the molecule is O=C(Nc1cccc(CF)c1)NC1CCC(Oc2ccc(F)cc2)CC1. The summed E-state index contributed by atoms with van der Waals surface area (Å²) in [5.41, 5.74) is 1.10. The van der Waals surface area contributed by atoms with Crippen molar-refractivity contribution in [2.24, 2.45) is 0 Å². The first-order valence-electron chi connectivity index (χ1n) is 8.77. The smallest absolute Gasteiger partial charge is 0.319 e. The maximum Gasteiger partial charge on any atom is 0.319 e. The van der Waals surface area contributed by atoms with Gasteiger partial charge in [-0.25, -0.2) is 13.6 Å². The fourth-order valence-corrected chi connectivity index (χ4v) is 3.12. The van der Waals surface area contributed by atoms with Gasteiger partial charge in [-0.05, 0) is 67.6 Å². The molecular weight excluding hydrogens is 338 g/mol. The number of carbonyl (C=O) groups excluding carboxylic acids is 1. The van der Waals surface area contributed by atoms with Gasteiger partial charge in [0.25, 0.3) is 0 Å². The number of rotatable bonds is 5. The van der Waals surface area contributed by atoms with Gasteiger partial charge in [0.2, 0.25) is 0 Å². The fourth-order valence-electron chi connectivity index (χ4n) is 3.12. The molecule has 6 heteroatoms. The summed E-state index contributed by atoms with van der Waals surface area (Å²) >= 11 is 0. The molecule has 0 unspecified atom stereocenters. The summed E-state index contributed by atoms with van der Waals surface area (Å²) in [6.07, 6.45) is 3.33. The molecule has 2 aromatic rings. The Morgan fingerprint density at radius 1 is 1.08 bits per heavy atom. The lowest BCUT2D eigenvalue weighted by Gasteiger charge is -2.29. The zero-order valence-corrected chi connectivity index (χ0v) is 14.4. The Morgan fingerprint density at radius 2 is 1.81 bits per heavy atom. The van der Waals surface area contributed by atoms with E-state index in [1.165, 1.54) is 12.1 Å². The van der Waals surface area contributed by atoms with E-state index in [9.17, 15) is 13.6 Å². The number of benzene rings is 2. The Labute approximate surface area is 151 Å². The van der Waals surface area contributed by atoms with Gasteiger partial charge in [0.15, 0.2) is 0 Å². The first-order valence-corrected chi connectivity index (χ1v) is 8.77. The Bertz CT molecular complexity index is 729. The molecule has 0 atom stereocenters. The maximum atomic E-state index is 12.9. The number of alkyl halides is 1. The Morgan fingerprint density at radius 3 is 2.50 bits per heavy atom. The molecule has 4 nitrogen and oxygen atoms in total. The maximum absolute atomic E-state index is 12.9. The summed E-state index contributed by atoms with van der Waals surface area (Å²) < 4.78 is 31.4. The number of hydrogen-bond donors (Lipinski definition) is 2. The molecule has 0 heterocycles. The van der Waals surface area contributed by atoms with E-state index in [0.29, 0.717) is 17.0 Å². The van der Waals surface area contributed by atoms with Crippen LogP contribution in [-0.2, 0) is 6.67 Å². The van der Waals surface area contributed by atoms with Crippen LogP contribution in [0.25, 0.3) is 0 Å². The van der Waals surface area contributed by atoms with Crippen molar-refractivity contribution in [2.45, 2.75) is 44.5 Å². The van der Waals surface area contributed by atoms with E-state index in [0.717, 1.165) is 25.7 Å². The Kier molecular flexibility index (Phi) is 6.04. The number of urea groups is 1. The molecule has 0 aliphatic heterocycles. The monoisotopic (exact) mass is 360 g/mol. The van der Waals surface area contributed by atoms with Crippen LogP contribution in [0, 0.1) is 5.82 Å². The van der Waals surface area contributed by atoms with Gasteiger partial charge in [0.05, 0.1) is 6.10 Å². The molecule has 2 N–H and O–H groups in total. The van der Waals surface area contributed by atoms with Gasteiger partial charge >= 0.3 is 6.03 Å². The highest BCUT2D eigenvalue weighted by atomic mass is 19.1. The topological polar surface area (TPSA) is 50.4 Å². The van der Waals surface area contributed by atoms with Crippen molar-refractivity contribution in [3.05, 3.63) is 59.9 Å². The van der Waals surface area contributed by atoms with Crippen molar-refractivity contribution >= 4 is 11.7 Å². The van der Waals surface area contributed by atoms with Gasteiger partial charge in [0.1, 0.15) is 18.2 Å². The van der Waals surface area contributed by atoms with Crippen LogP contribution in [0.5, 0.6) is 5.75 Å². The van der Waals surface area contributed by atoms with Crippen molar-refractivity contribution < 1.29 is 18.3 Å². The summed E-state index contributed by atoms with van der Waals surface area (Å²) in [7, 11) is 0. The highest BCUT2D eigenvalue weighted by molar-refractivity contribution is 5.89. The second kappa shape index (κ2) is 8.65. The summed E-state index contributed by atoms with van der Waals surface area (Å²) in [5, 5.41) is 5.68. The highest BCUT2D eigenvalue weighted by Crippen LogP contribution is 2.24. The van der Waals surface area contributed by atoms with Crippen LogP contribution in [-0.4, -0.2) is 18.2 Å². The molecule has 1 aliphatic rings. The number of halogens is 2. The zero-order chi connectivity index (χ0) is 18.4. The van der Waals surface area contributed by atoms with Crippen LogP contribution in [0.4, 0.5) is 19.3 Å². The minimum Gasteiger partial charge on any atom is -0.490 e. The van der Waals surface area contributed by atoms with Crippen LogP contribution < -0.4 is 15.4 Å². The van der Waals surface area contributed by atoms with E-state index in [4.69, 9.17) is 4.74 Å².